The zero-order valence-corrected chi connectivity index (χ0v) is 13.1. The van der Waals surface area contributed by atoms with Crippen LogP contribution in [0.4, 0.5) is 0 Å². The van der Waals surface area contributed by atoms with Crippen LogP contribution in [0.1, 0.15) is 35.9 Å². The summed E-state index contributed by atoms with van der Waals surface area (Å²) in [6.07, 6.45) is 2.41. The second-order valence-corrected chi connectivity index (χ2v) is 5.51. The molecule has 0 aliphatic rings. The first-order valence-corrected chi connectivity index (χ1v) is 7.61. The van der Waals surface area contributed by atoms with Crippen molar-refractivity contribution in [1.29, 1.82) is 0 Å². The number of benzene rings is 1. The molecule has 0 spiro atoms. The number of aliphatic hydroxyl groups excluding tert-OH is 1. The highest BCUT2D eigenvalue weighted by atomic mass is 16.3. The van der Waals surface area contributed by atoms with Gasteiger partial charge in [-0.2, -0.15) is 5.10 Å². The molecule has 0 aliphatic carbocycles. The van der Waals surface area contributed by atoms with Gasteiger partial charge in [-0.25, -0.2) is 0 Å². The van der Waals surface area contributed by atoms with E-state index in [-0.39, 0.29) is 18.6 Å². The molecule has 1 heterocycles. The average Bonchev–Trinajstić information content (AvgIpc) is 3.01. The Balaban J connectivity index is 2.09. The van der Waals surface area contributed by atoms with E-state index < -0.39 is 0 Å². The minimum absolute atomic E-state index is 0.0453. The molecule has 0 saturated carbocycles. The third-order valence-corrected chi connectivity index (χ3v) is 3.55. The molecule has 0 bridgehead atoms. The molecule has 1 aromatic carbocycles. The first kappa shape index (κ1) is 16.2. The highest BCUT2D eigenvalue weighted by Gasteiger charge is 2.20. The Morgan fingerprint density at radius 3 is 2.59 bits per heavy atom. The smallest absolute Gasteiger partial charge is 0.272 e. The van der Waals surface area contributed by atoms with Crippen molar-refractivity contribution in [1.82, 2.24) is 14.7 Å². The molecule has 0 unspecified atom stereocenters. The minimum atomic E-state index is -0.0869. The Kier molecular flexibility index (Phi) is 5.72. The number of hydrogen-bond donors (Lipinski definition) is 1. The van der Waals surface area contributed by atoms with Gasteiger partial charge in [0.15, 0.2) is 0 Å². The predicted octanol–water partition coefficient (Wildman–Crippen LogP) is 2.14. The fraction of sp³-hybridized carbons (Fsp3) is 0.412. The van der Waals surface area contributed by atoms with Gasteiger partial charge < -0.3 is 10.0 Å². The number of amides is 1. The van der Waals surface area contributed by atoms with E-state index in [1.165, 1.54) is 5.56 Å². The summed E-state index contributed by atoms with van der Waals surface area (Å²) in [6.45, 7) is 4.84. The van der Waals surface area contributed by atoms with E-state index in [0.29, 0.717) is 18.8 Å². The van der Waals surface area contributed by atoms with Gasteiger partial charge in [0.25, 0.3) is 5.91 Å². The molecule has 0 radical (unpaired) electrons. The summed E-state index contributed by atoms with van der Waals surface area (Å²) in [5.41, 5.74) is 1.74. The summed E-state index contributed by atoms with van der Waals surface area (Å²) in [5.74, 6) is -0.0869. The Hall–Kier alpha value is -2.14. The molecule has 1 aromatic heterocycles. The number of carbonyl (C=O) groups is 1. The standard InChI is InChI=1S/C17H23N3O2/c1-14(2)20-16(8-10-18-20)17(22)19(12-13-21)11-9-15-6-4-3-5-7-15/h3-8,10,14,21H,9,11-13H2,1-2H3. The molecule has 5 nitrogen and oxygen atoms in total. The van der Waals surface area contributed by atoms with Gasteiger partial charge in [-0.3, -0.25) is 9.48 Å². The number of hydrogen-bond acceptors (Lipinski definition) is 3. The third-order valence-electron chi connectivity index (χ3n) is 3.55. The molecule has 1 amide bonds. The zero-order chi connectivity index (χ0) is 15.9. The lowest BCUT2D eigenvalue weighted by Gasteiger charge is -2.23. The first-order valence-electron chi connectivity index (χ1n) is 7.61. The molecular formula is C17H23N3O2. The van der Waals surface area contributed by atoms with Crippen molar-refractivity contribution in [2.75, 3.05) is 19.7 Å². The van der Waals surface area contributed by atoms with Crippen LogP contribution in [0.2, 0.25) is 0 Å². The molecule has 0 saturated heterocycles. The van der Waals surface area contributed by atoms with Crippen LogP contribution in [0.15, 0.2) is 42.6 Å². The maximum absolute atomic E-state index is 12.7. The van der Waals surface area contributed by atoms with Crippen molar-refractivity contribution in [3.63, 3.8) is 0 Å². The zero-order valence-electron chi connectivity index (χ0n) is 13.1. The highest BCUT2D eigenvalue weighted by molar-refractivity contribution is 5.92. The van der Waals surface area contributed by atoms with Crippen LogP contribution in [-0.4, -0.2) is 45.4 Å². The van der Waals surface area contributed by atoms with Crippen LogP contribution in [0, 0.1) is 0 Å². The lowest BCUT2D eigenvalue weighted by molar-refractivity contribution is 0.0709. The fourth-order valence-electron chi connectivity index (χ4n) is 2.40. The van der Waals surface area contributed by atoms with Gasteiger partial charge >= 0.3 is 0 Å². The van der Waals surface area contributed by atoms with Crippen LogP contribution in [-0.2, 0) is 6.42 Å². The number of rotatable bonds is 7. The van der Waals surface area contributed by atoms with Crippen molar-refractivity contribution in [2.45, 2.75) is 26.3 Å². The van der Waals surface area contributed by atoms with Crippen LogP contribution in [0.5, 0.6) is 0 Å². The van der Waals surface area contributed by atoms with E-state index in [4.69, 9.17) is 0 Å². The van der Waals surface area contributed by atoms with Gasteiger partial charge in [0.1, 0.15) is 5.69 Å². The van der Waals surface area contributed by atoms with Crippen LogP contribution in [0.3, 0.4) is 0 Å². The normalized spacial score (nSPS) is 10.9. The molecule has 0 atom stereocenters. The molecule has 2 aromatic rings. The number of aliphatic hydroxyl groups is 1. The molecule has 2 rings (SSSR count). The summed E-state index contributed by atoms with van der Waals surface area (Å²) in [7, 11) is 0. The Labute approximate surface area is 131 Å². The van der Waals surface area contributed by atoms with Gasteiger partial charge in [-0.1, -0.05) is 30.3 Å². The molecule has 118 valence electrons. The second-order valence-electron chi connectivity index (χ2n) is 5.51. The summed E-state index contributed by atoms with van der Waals surface area (Å²) in [4.78, 5) is 14.4. The van der Waals surface area contributed by atoms with E-state index in [9.17, 15) is 9.90 Å². The van der Waals surface area contributed by atoms with Crippen LogP contribution < -0.4 is 0 Å². The number of aromatic nitrogens is 2. The Morgan fingerprint density at radius 2 is 1.95 bits per heavy atom. The Morgan fingerprint density at radius 1 is 1.23 bits per heavy atom. The lowest BCUT2D eigenvalue weighted by atomic mass is 10.1. The maximum atomic E-state index is 12.7. The highest BCUT2D eigenvalue weighted by Crippen LogP contribution is 2.11. The monoisotopic (exact) mass is 301 g/mol. The number of carbonyl (C=O) groups excluding carboxylic acids is 1. The van der Waals surface area contributed by atoms with Gasteiger partial charge in [-0.05, 0) is 31.9 Å². The summed E-state index contributed by atoms with van der Waals surface area (Å²) in [5, 5.41) is 13.4. The predicted molar refractivity (Wildman–Crippen MR) is 85.7 cm³/mol. The maximum Gasteiger partial charge on any atom is 0.272 e. The van der Waals surface area contributed by atoms with Gasteiger partial charge in [0.05, 0.1) is 6.61 Å². The minimum Gasteiger partial charge on any atom is -0.395 e. The molecule has 1 N–H and O–H groups in total. The molecule has 0 aliphatic heterocycles. The molecule has 5 heteroatoms. The van der Waals surface area contributed by atoms with E-state index in [1.54, 1.807) is 21.8 Å². The molecule has 22 heavy (non-hydrogen) atoms. The fourth-order valence-corrected chi connectivity index (χ4v) is 2.40. The summed E-state index contributed by atoms with van der Waals surface area (Å²) < 4.78 is 1.72. The van der Waals surface area contributed by atoms with Gasteiger partial charge in [0, 0.05) is 25.3 Å². The quantitative estimate of drug-likeness (QED) is 0.852. The van der Waals surface area contributed by atoms with Crippen molar-refractivity contribution in [3.8, 4) is 0 Å². The van der Waals surface area contributed by atoms with Crippen molar-refractivity contribution in [3.05, 3.63) is 53.9 Å². The third kappa shape index (κ3) is 3.95. The number of nitrogens with zero attached hydrogens (tertiary/aromatic N) is 3. The van der Waals surface area contributed by atoms with Gasteiger partial charge in [0.2, 0.25) is 0 Å². The van der Waals surface area contributed by atoms with Crippen LogP contribution >= 0.6 is 0 Å². The van der Waals surface area contributed by atoms with Gasteiger partial charge in [-0.15, -0.1) is 0 Å². The van der Waals surface area contributed by atoms with Crippen molar-refractivity contribution >= 4 is 5.91 Å². The molecule has 0 fully saturated rings. The van der Waals surface area contributed by atoms with E-state index in [2.05, 4.69) is 5.10 Å². The first-order chi connectivity index (χ1) is 10.6. The summed E-state index contributed by atoms with van der Waals surface area (Å²) in [6, 6.07) is 11.9. The van der Waals surface area contributed by atoms with E-state index >= 15 is 0 Å². The van der Waals surface area contributed by atoms with E-state index in [1.807, 2.05) is 44.2 Å². The SMILES string of the molecule is CC(C)n1nccc1C(=O)N(CCO)CCc1ccccc1. The summed E-state index contributed by atoms with van der Waals surface area (Å²) >= 11 is 0. The average molecular weight is 301 g/mol. The second kappa shape index (κ2) is 7.75. The topological polar surface area (TPSA) is 58.4 Å². The van der Waals surface area contributed by atoms with Crippen molar-refractivity contribution in [2.24, 2.45) is 0 Å². The Bertz CT molecular complexity index is 593. The van der Waals surface area contributed by atoms with Crippen molar-refractivity contribution < 1.29 is 9.90 Å². The lowest BCUT2D eigenvalue weighted by Crippen LogP contribution is -2.36. The molecular weight excluding hydrogens is 278 g/mol. The van der Waals surface area contributed by atoms with Crippen LogP contribution in [0.25, 0.3) is 0 Å². The van der Waals surface area contributed by atoms with E-state index in [0.717, 1.165) is 6.42 Å². The largest absolute Gasteiger partial charge is 0.395 e.